The molecule has 0 aromatic heterocycles. The van der Waals surface area contributed by atoms with E-state index in [1.165, 1.54) is 18.4 Å². The van der Waals surface area contributed by atoms with Crippen LogP contribution in [0, 0.1) is 0 Å². The molecule has 1 unspecified atom stereocenters. The van der Waals surface area contributed by atoms with Gasteiger partial charge in [-0.15, -0.1) is 0 Å². The molecule has 1 aromatic carbocycles. The SMILES string of the molecule is CCCCCC1=C(CCCC)C(c2ccccc2)OC1=O. The fourth-order valence-corrected chi connectivity index (χ4v) is 2.90. The summed E-state index contributed by atoms with van der Waals surface area (Å²) < 4.78 is 5.69. The Morgan fingerprint density at radius 3 is 2.33 bits per heavy atom. The van der Waals surface area contributed by atoms with E-state index in [1.54, 1.807) is 0 Å². The Morgan fingerprint density at radius 1 is 0.952 bits per heavy atom. The maximum atomic E-state index is 12.2. The summed E-state index contributed by atoms with van der Waals surface area (Å²) in [4.78, 5) is 12.2. The van der Waals surface area contributed by atoms with Crippen LogP contribution in [-0.4, -0.2) is 5.97 Å². The summed E-state index contributed by atoms with van der Waals surface area (Å²) in [5.41, 5.74) is 3.28. The fraction of sp³-hybridized carbons (Fsp3) is 0.526. The first-order chi connectivity index (χ1) is 10.3. The van der Waals surface area contributed by atoms with E-state index in [4.69, 9.17) is 4.74 Å². The van der Waals surface area contributed by atoms with E-state index in [1.807, 2.05) is 18.2 Å². The molecule has 0 aliphatic carbocycles. The fourth-order valence-electron chi connectivity index (χ4n) is 2.90. The molecule has 1 aliphatic rings. The van der Waals surface area contributed by atoms with Crippen LogP contribution in [0.15, 0.2) is 41.5 Å². The second-order valence-electron chi connectivity index (χ2n) is 5.76. The summed E-state index contributed by atoms with van der Waals surface area (Å²) in [7, 11) is 0. The van der Waals surface area contributed by atoms with E-state index in [9.17, 15) is 4.79 Å². The van der Waals surface area contributed by atoms with Crippen LogP contribution in [0.4, 0.5) is 0 Å². The zero-order chi connectivity index (χ0) is 15.1. The van der Waals surface area contributed by atoms with Gasteiger partial charge in [0.25, 0.3) is 0 Å². The molecule has 0 N–H and O–H groups in total. The van der Waals surface area contributed by atoms with Gasteiger partial charge in [-0.05, 0) is 36.8 Å². The van der Waals surface area contributed by atoms with Crippen molar-refractivity contribution in [2.45, 2.75) is 64.9 Å². The van der Waals surface area contributed by atoms with Crippen LogP contribution in [0.1, 0.15) is 70.5 Å². The van der Waals surface area contributed by atoms with Gasteiger partial charge in [0.2, 0.25) is 0 Å². The Bertz CT molecular complexity index is 488. The minimum atomic E-state index is -0.151. The molecule has 114 valence electrons. The zero-order valence-electron chi connectivity index (χ0n) is 13.2. The Morgan fingerprint density at radius 2 is 1.67 bits per heavy atom. The quantitative estimate of drug-likeness (QED) is 0.475. The van der Waals surface area contributed by atoms with E-state index in [2.05, 4.69) is 26.0 Å². The number of hydrogen-bond acceptors (Lipinski definition) is 2. The molecule has 1 aromatic rings. The molecule has 2 rings (SSSR count). The molecule has 21 heavy (non-hydrogen) atoms. The topological polar surface area (TPSA) is 26.3 Å². The lowest BCUT2D eigenvalue weighted by molar-refractivity contribution is -0.140. The van der Waals surface area contributed by atoms with Crippen molar-refractivity contribution in [3.8, 4) is 0 Å². The highest BCUT2D eigenvalue weighted by Gasteiger charge is 2.33. The van der Waals surface area contributed by atoms with Gasteiger partial charge in [0.15, 0.2) is 0 Å². The third kappa shape index (κ3) is 3.96. The first kappa shape index (κ1) is 15.8. The van der Waals surface area contributed by atoms with Crippen molar-refractivity contribution in [3.05, 3.63) is 47.0 Å². The van der Waals surface area contributed by atoms with Crippen LogP contribution in [0.3, 0.4) is 0 Å². The van der Waals surface area contributed by atoms with E-state index in [-0.39, 0.29) is 12.1 Å². The van der Waals surface area contributed by atoms with E-state index in [0.29, 0.717) is 0 Å². The molecule has 0 amide bonds. The van der Waals surface area contributed by atoms with Gasteiger partial charge >= 0.3 is 5.97 Å². The second kappa shape index (κ2) is 8.02. The normalized spacial score (nSPS) is 18.2. The zero-order valence-corrected chi connectivity index (χ0v) is 13.2. The highest BCUT2D eigenvalue weighted by atomic mass is 16.5. The molecular formula is C19H26O2. The summed E-state index contributed by atoms with van der Waals surface area (Å²) >= 11 is 0. The molecule has 2 nitrogen and oxygen atoms in total. The van der Waals surface area contributed by atoms with Crippen molar-refractivity contribution >= 4 is 5.97 Å². The lowest BCUT2D eigenvalue weighted by Crippen LogP contribution is -2.03. The predicted molar refractivity (Wildman–Crippen MR) is 86.0 cm³/mol. The molecule has 0 fully saturated rings. The molecule has 0 radical (unpaired) electrons. The summed E-state index contributed by atoms with van der Waals surface area (Å²) in [6.07, 6.45) is 7.38. The third-order valence-corrected chi connectivity index (χ3v) is 4.11. The lowest BCUT2D eigenvalue weighted by atomic mass is 9.92. The van der Waals surface area contributed by atoms with Crippen molar-refractivity contribution in [1.82, 2.24) is 0 Å². The van der Waals surface area contributed by atoms with E-state index < -0.39 is 0 Å². The Hall–Kier alpha value is -1.57. The molecule has 1 atom stereocenters. The monoisotopic (exact) mass is 286 g/mol. The second-order valence-corrected chi connectivity index (χ2v) is 5.76. The van der Waals surface area contributed by atoms with Crippen molar-refractivity contribution in [2.24, 2.45) is 0 Å². The number of esters is 1. The number of carbonyl (C=O) groups is 1. The lowest BCUT2D eigenvalue weighted by Gasteiger charge is -2.14. The summed E-state index contributed by atoms with van der Waals surface area (Å²) in [6, 6.07) is 10.1. The van der Waals surface area contributed by atoms with Gasteiger partial charge in [0, 0.05) is 5.57 Å². The van der Waals surface area contributed by atoms with Gasteiger partial charge in [0.1, 0.15) is 6.10 Å². The summed E-state index contributed by atoms with van der Waals surface area (Å²) in [5, 5.41) is 0. The van der Waals surface area contributed by atoms with Crippen LogP contribution in [0.2, 0.25) is 0 Å². The average Bonchev–Trinajstić information content (AvgIpc) is 2.83. The van der Waals surface area contributed by atoms with Crippen LogP contribution in [0.25, 0.3) is 0 Å². The molecule has 0 saturated carbocycles. The number of benzene rings is 1. The van der Waals surface area contributed by atoms with Gasteiger partial charge in [-0.3, -0.25) is 0 Å². The standard InChI is InChI=1S/C19H26O2/c1-3-5-8-14-17-16(13-6-4-2)18(21-19(17)20)15-11-9-7-10-12-15/h7,9-12,18H,3-6,8,13-14H2,1-2H3. The first-order valence-electron chi connectivity index (χ1n) is 8.25. The maximum Gasteiger partial charge on any atom is 0.335 e. The molecule has 0 saturated heterocycles. The smallest absolute Gasteiger partial charge is 0.335 e. The van der Waals surface area contributed by atoms with E-state index >= 15 is 0 Å². The van der Waals surface area contributed by atoms with Crippen molar-refractivity contribution in [3.63, 3.8) is 0 Å². The minimum absolute atomic E-state index is 0.0916. The molecule has 1 heterocycles. The van der Waals surface area contributed by atoms with Crippen LogP contribution in [-0.2, 0) is 9.53 Å². The van der Waals surface area contributed by atoms with Gasteiger partial charge in [0.05, 0.1) is 0 Å². The molecule has 2 heteroatoms. The summed E-state index contributed by atoms with van der Waals surface area (Å²) in [6.45, 7) is 4.37. The van der Waals surface area contributed by atoms with Crippen LogP contribution in [0.5, 0.6) is 0 Å². The average molecular weight is 286 g/mol. The number of rotatable bonds is 8. The Balaban J connectivity index is 2.22. The predicted octanol–water partition coefficient (Wildman–Crippen LogP) is 5.35. The molecule has 1 aliphatic heterocycles. The Labute approximate surface area is 128 Å². The number of ether oxygens (including phenoxy) is 1. The number of hydrogen-bond donors (Lipinski definition) is 0. The third-order valence-electron chi connectivity index (χ3n) is 4.11. The van der Waals surface area contributed by atoms with Crippen molar-refractivity contribution in [2.75, 3.05) is 0 Å². The van der Waals surface area contributed by atoms with Gasteiger partial charge < -0.3 is 4.74 Å². The van der Waals surface area contributed by atoms with Gasteiger partial charge in [-0.2, -0.15) is 0 Å². The number of unbranched alkanes of at least 4 members (excludes halogenated alkanes) is 3. The van der Waals surface area contributed by atoms with Gasteiger partial charge in [-0.25, -0.2) is 4.79 Å². The summed E-state index contributed by atoms with van der Waals surface area (Å²) in [5.74, 6) is -0.0916. The molecular weight excluding hydrogens is 260 g/mol. The van der Waals surface area contributed by atoms with Crippen molar-refractivity contribution < 1.29 is 9.53 Å². The van der Waals surface area contributed by atoms with Crippen LogP contribution < -0.4 is 0 Å². The minimum Gasteiger partial charge on any atom is -0.450 e. The molecule has 0 spiro atoms. The highest BCUT2D eigenvalue weighted by molar-refractivity contribution is 5.92. The largest absolute Gasteiger partial charge is 0.450 e. The highest BCUT2D eigenvalue weighted by Crippen LogP contribution is 2.39. The number of cyclic esters (lactones) is 1. The first-order valence-corrected chi connectivity index (χ1v) is 8.25. The maximum absolute atomic E-state index is 12.2. The number of carbonyl (C=O) groups excluding carboxylic acids is 1. The van der Waals surface area contributed by atoms with E-state index in [0.717, 1.165) is 43.2 Å². The molecule has 0 bridgehead atoms. The van der Waals surface area contributed by atoms with Gasteiger partial charge in [-0.1, -0.05) is 63.4 Å². The van der Waals surface area contributed by atoms with Crippen molar-refractivity contribution in [1.29, 1.82) is 0 Å². The Kier molecular flexibility index (Phi) is 6.04. The van der Waals surface area contributed by atoms with Crippen LogP contribution >= 0.6 is 0 Å².